The molecule has 1 aliphatic carbocycles. The number of hydrogen-bond acceptors (Lipinski definition) is 9. The summed E-state index contributed by atoms with van der Waals surface area (Å²) in [7, 11) is 4.39. The molecule has 2 N–H and O–H groups in total. The van der Waals surface area contributed by atoms with Crippen LogP contribution in [0.1, 0.15) is 38.9 Å². The number of nitrogens with zero attached hydrogens (tertiary/aromatic N) is 2. The van der Waals surface area contributed by atoms with Gasteiger partial charge in [0.1, 0.15) is 33.5 Å². The maximum Gasteiger partial charge on any atom is 0.330 e. The molecule has 12 nitrogen and oxygen atoms in total. The van der Waals surface area contributed by atoms with Gasteiger partial charge >= 0.3 is 5.69 Å². The van der Waals surface area contributed by atoms with E-state index < -0.39 is 34.3 Å². The van der Waals surface area contributed by atoms with E-state index in [1.165, 1.54) is 30.9 Å². The second-order valence-electron chi connectivity index (χ2n) is 11.1. The lowest BCUT2D eigenvalue weighted by atomic mass is 9.71. The second-order valence-corrected chi connectivity index (χ2v) is 11.5. The van der Waals surface area contributed by atoms with Crippen LogP contribution in [0, 0.1) is 5.92 Å². The largest absolute Gasteiger partial charge is 0.497 e. The lowest BCUT2D eigenvalue weighted by molar-refractivity contribution is 0.0257. The van der Waals surface area contributed by atoms with E-state index in [9.17, 15) is 19.2 Å². The van der Waals surface area contributed by atoms with Crippen LogP contribution in [-0.4, -0.2) is 58.0 Å². The first kappa shape index (κ1) is 28.7. The van der Waals surface area contributed by atoms with Gasteiger partial charge in [-0.05, 0) is 42.7 Å². The fourth-order valence-electron chi connectivity index (χ4n) is 6.46. The summed E-state index contributed by atoms with van der Waals surface area (Å²) in [4.78, 5) is 64.7. The summed E-state index contributed by atoms with van der Waals surface area (Å²) < 4.78 is 23.7. The average Bonchev–Trinajstić information content (AvgIpc) is 3.58. The highest BCUT2D eigenvalue weighted by atomic mass is 35.5. The van der Waals surface area contributed by atoms with Crippen molar-refractivity contribution in [3.63, 3.8) is 0 Å². The van der Waals surface area contributed by atoms with Crippen LogP contribution in [0.25, 0.3) is 21.9 Å². The normalized spacial score (nSPS) is 18.7. The van der Waals surface area contributed by atoms with Gasteiger partial charge in [0.25, 0.3) is 5.56 Å². The highest BCUT2D eigenvalue weighted by Gasteiger charge is 2.62. The van der Waals surface area contributed by atoms with Gasteiger partial charge in [0, 0.05) is 41.2 Å². The molecule has 0 amide bonds. The lowest BCUT2D eigenvalue weighted by Crippen LogP contribution is -2.57. The molecule has 45 heavy (non-hydrogen) atoms. The fraction of sp³-hybridized carbons (Fsp3) is 0.281. The van der Waals surface area contributed by atoms with Crippen LogP contribution in [0.3, 0.4) is 0 Å². The van der Waals surface area contributed by atoms with E-state index >= 15 is 0 Å². The van der Waals surface area contributed by atoms with Crippen molar-refractivity contribution in [1.29, 1.82) is 0 Å². The van der Waals surface area contributed by atoms with Gasteiger partial charge in [0.05, 0.1) is 32.4 Å². The zero-order valence-electron chi connectivity index (χ0n) is 24.7. The minimum atomic E-state index is -1.95. The molecule has 1 aliphatic heterocycles. The summed E-state index contributed by atoms with van der Waals surface area (Å²) in [6.45, 7) is 1.91. The van der Waals surface area contributed by atoms with Crippen molar-refractivity contribution in [2.45, 2.75) is 31.9 Å². The second kappa shape index (κ2) is 10.2. The topological polar surface area (TPSA) is 155 Å². The van der Waals surface area contributed by atoms with Crippen LogP contribution >= 0.6 is 11.6 Å². The standard InChI is InChI=1S/C32H27ClN4O8/c1-14-9-21-18(27(38)32(14)28(39)24-22(43-3)12-23(44-4)25(33)26(24)45-32)11-19-29(35-21)37(31(41)36-30(19)40)8-7-15-13-34-20-6-5-16(42-2)10-17(15)20/h5-6,10-14,34H,7-9H2,1-4H3,(H,36,40,41). The van der Waals surface area contributed by atoms with Gasteiger partial charge in [-0.3, -0.25) is 23.9 Å². The number of pyridine rings is 1. The first-order valence-electron chi connectivity index (χ1n) is 14.2. The molecule has 0 saturated carbocycles. The van der Waals surface area contributed by atoms with Crippen LogP contribution < -0.4 is 30.2 Å². The Balaban J connectivity index is 1.31. The van der Waals surface area contributed by atoms with Crippen LogP contribution in [0.5, 0.6) is 23.0 Å². The number of ketones is 2. The Kier molecular flexibility index (Phi) is 6.52. The number of hydrogen-bond donors (Lipinski definition) is 2. The maximum absolute atomic E-state index is 14.3. The minimum absolute atomic E-state index is 0.00292. The van der Waals surface area contributed by atoms with Gasteiger partial charge < -0.3 is 23.9 Å². The number of aromatic nitrogens is 4. The van der Waals surface area contributed by atoms with Crippen LogP contribution in [0.4, 0.5) is 0 Å². The number of rotatable bonds is 6. The van der Waals surface area contributed by atoms with Crippen molar-refractivity contribution in [2.75, 3.05) is 21.3 Å². The van der Waals surface area contributed by atoms with Crippen LogP contribution in [-0.2, 0) is 19.4 Å². The molecular weight excluding hydrogens is 604 g/mol. The summed E-state index contributed by atoms with van der Waals surface area (Å²) in [6.07, 6.45) is 2.46. The number of fused-ring (bicyclic) bond motifs is 4. The quantitative estimate of drug-likeness (QED) is 0.266. The number of nitrogens with one attached hydrogen (secondary N) is 2. The van der Waals surface area contributed by atoms with Gasteiger partial charge in [-0.15, -0.1) is 0 Å². The summed E-state index contributed by atoms with van der Waals surface area (Å²) in [5.41, 5.74) is -0.810. The number of ether oxygens (including phenoxy) is 4. The number of benzene rings is 2. The molecule has 4 heterocycles. The Hall–Kier alpha value is -5.10. The predicted molar refractivity (Wildman–Crippen MR) is 165 cm³/mol. The van der Waals surface area contributed by atoms with Crippen molar-refractivity contribution < 1.29 is 28.5 Å². The molecule has 2 aliphatic rings. The fourth-order valence-corrected chi connectivity index (χ4v) is 6.72. The molecule has 0 saturated heterocycles. The molecule has 5 aromatic rings. The lowest BCUT2D eigenvalue weighted by Gasteiger charge is -2.36. The minimum Gasteiger partial charge on any atom is -0.497 e. The van der Waals surface area contributed by atoms with Crippen molar-refractivity contribution in [2.24, 2.45) is 5.92 Å². The number of carbonyl (C=O) groups is 2. The van der Waals surface area contributed by atoms with E-state index in [2.05, 4.69) is 9.97 Å². The van der Waals surface area contributed by atoms with Gasteiger partial charge in [-0.2, -0.15) is 0 Å². The van der Waals surface area contributed by atoms with E-state index in [0.717, 1.165) is 16.5 Å². The highest BCUT2D eigenvalue weighted by molar-refractivity contribution is 6.36. The SMILES string of the molecule is COc1ccc2[nH]cc(CCn3c(=O)[nH]c(=O)c4cc5c(nc43)CC(C)C3(Oc4c(Cl)c(OC)cc(OC)c4C3=O)C5=O)c2c1. The van der Waals surface area contributed by atoms with Gasteiger partial charge in [0.2, 0.25) is 17.2 Å². The molecular formula is C32H27ClN4O8. The van der Waals surface area contributed by atoms with Gasteiger partial charge in [-0.1, -0.05) is 18.5 Å². The number of halogens is 1. The van der Waals surface area contributed by atoms with Gasteiger partial charge in [-0.25, -0.2) is 9.78 Å². The number of aryl methyl sites for hydroxylation is 2. The third-order valence-corrected chi connectivity index (χ3v) is 9.18. The molecule has 0 radical (unpaired) electrons. The third-order valence-electron chi connectivity index (χ3n) is 8.82. The molecule has 7 rings (SSSR count). The number of methoxy groups -OCH3 is 3. The summed E-state index contributed by atoms with van der Waals surface area (Å²) in [5, 5.41) is 1.02. The first-order chi connectivity index (χ1) is 21.6. The van der Waals surface area contributed by atoms with Crippen LogP contribution in [0.2, 0.25) is 5.02 Å². The summed E-state index contributed by atoms with van der Waals surface area (Å²) >= 11 is 6.52. The van der Waals surface area contributed by atoms with Crippen molar-refractivity contribution in [3.05, 3.63) is 84.8 Å². The highest BCUT2D eigenvalue weighted by Crippen LogP contribution is 2.53. The monoisotopic (exact) mass is 630 g/mol. The molecule has 13 heteroatoms. The molecule has 230 valence electrons. The number of aromatic amines is 2. The molecule has 2 atom stereocenters. The van der Waals surface area contributed by atoms with E-state index in [0.29, 0.717) is 17.9 Å². The molecule has 2 aromatic carbocycles. The Morgan fingerprint density at radius 2 is 1.80 bits per heavy atom. The summed E-state index contributed by atoms with van der Waals surface area (Å²) in [5.74, 6) is -0.867. The molecule has 1 spiro atoms. The Labute approximate surface area is 259 Å². The maximum atomic E-state index is 14.3. The smallest absolute Gasteiger partial charge is 0.330 e. The number of carbonyl (C=O) groups excluding carboxylic acids is 2. The number of Topliss-reactive ketones (excluding diaryl/α,β-unsaturated/α-hetero) is 2. The van der Waals surface area contributed by atoms with Crippen molar-refractivity contribution in [3.8, 4) is 23.0 Å². The summed E-state index contributed by atoms with van der Waals surface area (Å²) in [6, 6.07) is 8.53. The van der Waals surface area contributed by atoms with Crippen molar-refractivity contribution in [1.82, 2.24) is 19.5 Å². The molecule has 3 aromatic heterocycles. The number of H-pyrrole nitrogens is 2. The zero-order chi connectivity index (χ0) is 31.8. The predicted octanol–water partition coefficient (Wildman–Crippen LogP) is 3.88. The van der Waals surface area contributed by atoms with Crippen LogP contribution in [0.15, 0.2) is 46.1 Å². The Bertz CT molecular complexity index is 2220. The third kappa shape index (κ3) is 4.01. The van der Waals surface area contributed by atoms with E-state index in [1.807, 2.05) is 24.4 Å². The van der Waals surface area contributed by atoms with E-state index in [-0.39, 0.29) is 57.4 Å². The van der Waals surface area contributed by atoms with Gasteiger partial charge in [0.15, 0.2) is 5.75 Å². The molecule has 2 unspecified atom stereocenters. The average molecular weight is 631 g/mol. The van der Waals surface area contributed by atoms with Crippen molar-refractivity contribution >= 4 is 45.1 Å². The molecule has 0 bridgehead atoms. The van der Waals surface area contributed by atoms with E-state index in [1.54, 1.807) is 14.0 Å². The van der Waals surface area contributed by atoms with E-state index in [4.69, 9.17) is 35.5 Å². The Morgan fingerprint density at radius 1 is 1.02 bits per heavy atom. The zero-order valence-corrected chi connectivity index (χ0v) is 25.5. The Morgan fingerprint density at radius 3 is 2.53 bits per heavy atom. The first-order valence-corrected chi connectivity index (χ1v) is 14.5. The molecule has 0 fully saturated rings.